The number of hydrogen-bond acceptors (Lipinski definition) is 2. The van der Waals surface area contributed by atoms with Crippen molar-refractivity contribution in [2.45, 2.75) is 26.4 Å². The van der Waals surface area contributed by atoms with Crippen LogP contribution in [0.1, 0.15) is 18.1 Å². The maximum Gasteiger partial charge on any atom is 0.244 e. The van der Waals surface area contributed by atoms with Gasteiger partial charge in [0.05, 0.1) is 11.7 Å². The highest BCUT2D eigenvalue weighted by molar-refractivity contribution is 5.97. The number of aryl methyl sites for hydroxylation is 1. The van der Waals surface area contributed by atoms with Crippen LogP contribution in [-0.4, -0.2) is 29.9 Å². The van der Waals surface area contributed by atoms with E-state index in [2.05, 4.69) is 11.0 Å². The molecule has 5 heteroatoms. The standard InChI is InChI=1S/C19H20F2N2O/c1-13-4-3-5-15(10-13)12-22-8-9-23(19(24)14(22)2)18-7-6-16(20)11-17(18)21/h3-7,10-11,14H,8-9,12H2,1-2H3. The Hall–Kier alpha value is -2.27. The zero-order valence-electron chi connectivity index (χ0n) is 13.8. The summed E-state index contributed by atoms with van der Waals surface area (Å²) in [5.74, 6) is -1.52. The Morgan fingerprint density at radius 2 is 1.92 bits per heavy atom. The molecule has 1 heterocycles. The van der Waals surface area contributed by atoms with Crippen molar-refractivity contribution in [2.75, 3.05) is 18.0 Å². The lowest BCUT2D eigenvalue weighted by Gasteiger charge is -2.39. The van der Waals surface area contributed by atoms with Gasteiger partial charge in [-0.15, -0.1) is 0 Å². The van der Waals surface area contributed by atoms with Crippen molar-refractivity contribution >= 4 is 11.6 Å². The highest BCUT2D eigenvalue weighted by atomic mass is 19.1. The summed E-state index contributed by atoms with van der Waals surface area (Å²) in [6.45, 7) is 5.56. The molecule has 0 aliphatic carbocycles. The fourth-order valence-electron chi connectivity index (χ4n) is 3.11. The van der Waals surface area contributed by atoms with Crippen LogP contribution in [0.2, 0.25) is 0 Å². The quantitative estimate of drug-likeness (QED) is 0.860. The molecule has 2 aromatic carbocycles. The second kappa shape index (κ2) is 6.69. The van der Waals surface area contributed by atoms with Crippen molar-refractivity contribution < 1.29 is 13.6 Å². The smallest absolute Gasteiger partial charge is 0.244 e. The maximum atomic E-state index is 14.0. The van der Waals surface area contributed by atoms with Gasteiger partial charge in [-0.2, -0.15) is 0 Å². The summed E-state index contributed by atoms with van der Waals surface area (Å²) in [7, 11) is 0. The number of carbonyl (C=O) groups excluding carboxylic acids is 1. The first kappa shape index (κ1) is 16.6. The number of rotatable bonds is 3. The zero-order valence-corrected chi connectivity index (χ0v) is 13.8. The van der Waals surface area contributed by atoms with E-state index in [9.17, 15) is 13.6 Å². The Labute approximate surface area is 140 Å². The van der Waals surface area contributed by atoms with Crippen molar-refractivity contribution in [3.63, 3.8) is 0 Å². The second-order valence-electron chi connectivity index (χ2n) is 6.22. The highest BCUT2D eigenvalue weighted by Crippen LogP contribution is 2.25. The molecule has 1 atom stereocenters. The van der Waals surface area contributed by atoms with Gasteiger partial charge in [0.15, 0.2) is 0 Å². The summed E-state index contributed by atoms with van der Waals surface area (Å²) in [6.07, 6.45) is 0. The summed E-state index contributed by atoms with van der Waals surface area (Å²) >= 11 is 0. The lowest BCUT2D eigenvalue weighted by molar-refractivity contribution is -0.125. The molecule has 0 bridgehead atoms. The first-order chi connectivity index (χ1) is 11.5. The Kier molecular flexibility index (Phi) is 4.62. The van der Waals surface area contributed by atoms with Gasteiger partial charge < -0.3 is 4.90 Å². The number of carbonyl (C=O) groups is 1. The van der Waals surface area contributed by atoms with Crippen LogP contribution in [0.5, 0.6) is 0 Å². The van der Waals surface area contributed by atoms with Crippen LogP contribution < -0.4 is 4.90 Å². The molecule has 1 unspecified atom stereocenters. The van der Waals surface area contributed by atoms with Crippen LogP contribution in [-0.2, 0) is 11.3 Å². The Bertz CT molecular complexity index is 763. The number of amides is 1. The second-order valence-corrected chi connectivity index (χ2v) is 6.22. The van der Waals surface area contributed by atoms with Crippen LogP contribution >= 0.6 is 0 Å². The van der Waals surface area contributed by atoms with Gasteiger partial charge in [0.1, 0.15) is 11.6 Å². The number of piperazine rings is 1. The average Bonchev–Trinajstić information content (AvgIpc) is 2.53. The van der Waals surface area contributed by atoms with E-state index in [1.165, 1.54) is 22.6 Å². The lowest BCUT2D eigenvalue weighted by Crippen LogP contribution is -2.55. The molecule has 0 radical (unpaired) electrons. The topological polar surface area (TPSA) is 23.6 Å². The van der Waals surface area contributed by atoms with Crippen LogP contribution in [0.4, 0.5) is 14.5 Å². The number of anilines is 1. The Balaban J connectivity index is 1.76. The molecule has 0 N–H and O–H groups in total. The first-order valence-corrected chi connectivity index (χ1v) is 8.02. The minimum atomic E-state index is -0.706. The van der Waals surface area contributed by atoms with E-state index in [0.29, 0.717) is 19.6 Å². The molecule has 2 aromatic rings. The summed E-state index contributed by atoms with van der Waals surface area (Å²) in [6, 6.07) is 11.1. The van der Waals surface area contributed by atoms with Crippen LogP contribution in [0.25, 0.3) is 0 Å². The van der Waals surface area contributed by atoms with Crippen molar-refractivity contribution in [3.05, 3.63) is 65.2 Å². The zero-order chi connectivity index (χ0) is 17.3. The number of hydrogen-bond donors (Lipinski definition) is 0. The lowest BCUT2D eigenvalue weighted by atomic mass is 10.1. The predicted octanol–water partition coefficient (Wildman–Crippen LogP) is 3.51. The molecule has 1 fully saturated rings. The molecule has 1 saturated heterocycles. The van der Waals surface area contributed by atoms with E-state index in [-0.39, 0.29) is 17.6 Å². The predicted molar refractivity (Wildman–Crippen MR) is 89.8 cm³/mol. The first-order valence-electron chi connectivity index (χ1n) is 8.02. The molecule has 0 aromatic heterocycles. The molecule has 3 nitrogen and oxygen atoms in total. The minimum absolute atomic E-state index is 0.142. The third-order valence-electron chi connectivity index (χ3n) is 4.45. The van der Waals surface area contributed by atoms with Crippen molar-refractivity contribution in [2.24, 2.45) is 0 Å². The molecular weight excluding hydrogens is 310 g/mol. The van der Waals surface area contributed by atoms with Crippen LogP contribution in [0.3, 0.4) is 0 Å². The van der Waals surface area contributed by atoms with Crippen molar-refractivity contribution in [1.29, 1.82) is 0 Å². The monoisotopic (exact) mass is 330 g/mol. The third-order valence-corrected chi connectivity index (χ3v) is 4.45. The van der Waals surface area contributed by atoms with Crippen LogP contribution in [0, 0.1) is 18.6 Å². The maximum absolute atomic E-state index is 14.0. The van der Waals surface area contributed by atoms with E-state index in [0.717, 1.165) is 11.6 Å². The molecule has 0 saturated carbocycles. The van der Waals surface area contributed by atoms with Gasteiger partial charge in [0.25, 0.3) is 0 Å². The molecular formula is C19H20F2N2O. The fourth-order valence-corrected chi connectivity index (χ4v) is 3.11. The number of nitrogens with zero attached hydrogens (tertiary/aromatic N) is 2. The molecule has 1 aliphatic rings. The average molecular weight is 330 g/mol. The largest absolute Gasteiger partial charge is 0.307 e. The van der Waals surface area contributed by atoms with Crippen molar-refractivity contribution in [1.82, 2.24) is 4.90 Å². The van der Waals surface area contributed by atoms with Gasteiger partial charge in [-0.25, -0.2) is 8.78 Å². The summed E-state index contributed by atoms with van der Waals surface area (Å²) in [5.41, 5.74) is 2.47. The number of halogens is 2. The van der Waals surface area contributed by atoms with Gasteiger partial charge in [0, 0.05) is 25.7 Å². The van der Waals surface area contributed by atoms with Gasteiger partial charge in [-0.3, -0.25) is 9.69 Å². The molecule has 126 valence electrons. The van der Waals surface area contributed by atoms with E-state index < -0.39 is 11.6 Å². The van der Waals surface area contributed by atoms with Gasteiger partial charge in [-0.1, -0.05) is 29.8 Å². The summed E-state index contributed by atoms with van der Waals surface area (Å²) in [4.78, 5) is 16.1. The molecule has 3 rings (SSSR count). The van der Waals surface area contributed by atoms with E-state index in [4.69, 9.17) is 0 Å². The van der Waals surface area contributed by atoms with Crippen LogP contribution in [0.15, 0.2) is 42.5 Å². The highest BCUT2D eigenvalue weighted by Gasteiger charge is 2.33. The summed E-state index contributed by atoms with van der Waals surface area (Å²) in [5, 5.41) is 0. The van der Waals surface area contributed by atoms with Gasteiger partial charge >= 0.3 is 0 Å². The van der Waals surface area contributed by atoms with E-state index in [1.54, 1.807) is 0 Å². The number of benzene rings is 2. The molecule has 1 amide bonds. The SMILES string of the molecule is Cc1cccc(CN2CCN(c3ccc(F)cc3F)C(=O)C2C)c1. The van der Waals surface area contributed by atoms with Gasteiger partial charge in [0.2, 0.25) is 5.91 Å². The Morgan fingerprint density at radius 3 is 2.62 bits per heavy atom. The summed E-state index contributed by atoms with van der Waals surface area (Å²) < 4.78 is 27.1. The molecule has 1 aliphatic heterocycles. The normalized spacial score (nSPS) is 18.9. The third kappa shape index (κ3) is 3.31. The van der Waals surface area contributed by atoms with E-state index >= 15 is 0 Å². The van der Waals surface area contributed by atoms with E-state index in [1.807, 2.05) is 32.0 Å². The van der Waals surface area contributed by atoms with Gasteiger partial charge in [-0.05, 0) is 31.5 Å². The molecule has 24 heavy (non-hydrogen) atoms. The molecule has 0 spiro atoms. The van der Waals surface area contributed by atoms with Crippen molar-refractivity contribution in [3.8, 4) is 0 Å². The fraction of sp³-hybridized carbons (Fsp3) is 0.316. The Morgan fingerprint density at radius 1 is 1.12 bits per heavy atom. The minimum Gasteiger partial charge on any atom is -0.307 e.